The van der Waals surface area contributed by atoms with Crippen LogP contribution in [0, 0.1) is 25.1 Å². The van der Waals surface area contributed by atoms with E-state index in [9.17, 15) is 25.1 Å². The fourth-order valence-electron chi connectivity index (χ4n) is 0.879. The second-order valence-electron chi connectivity index (χ2n) is 2.33. The molecule has 0 aliphatic carbocycles. The Morgan fingerprint density at radius 2 is 1.87 bits per heavy atom. The molecule has 0 amide bonds. The molecule has 0 radical (unpaired) electrons. The van der Waals surface area contributed by atoms with Crippen molar-refractivity contribution >= 4 is 11.4 Å². The van der Waals surface area contributed by atoms with Gasteiger partial charge in [0.1, 0.15) is 0 Å². The van der Waals surface area contributed by atoms with E-state index in [1.165, 1.54) is 0 Å². The Hall–Kier alpha value is -2.58. The van der Waals surface area contributed by atoms with Gasteiger partial charge in [-0.15, -0.1) is 4.91 Å². The van der Waals surface area contributed by atoms with Crippen molar-refractivity contribution in [3.8, 4) is 5.75 Å². The largest absolute Gasteiger partial charge is 0.321 e. The molecule has 0 N–H and O–H groups in total. The van der Waals surface area contributed by atoms with Crippen LogP contribution >= 0.6 is 0 Å². The predicted octanol–water partition coefficient (Wildman–Crippen LogP) is 1.56. The molecule has 0 fully saturated rings. The van der Waals surface area contributed by atoms with Crippen molar-refractivity contribution in [1.29, 1.82) is 0 Å². The molecule has 9 heteroatoms. The zero-order valence-electron chi connectivity index (χ0n) is 7.02. The molecular weight excluding hydrogens is 210 g/mol. The van der Waals surface area contributed by atoms with Gasteiger partial charge in [-0.1, -0.05) is 0 Å². The number of benzene rings is 1. The smallest absolute Gasteiger partial charge is 0.317 e. The number of hydrogen-bond acceptors (Lipinski definition) is 7. The summed E-state index contributed by atoms with van der Waals surface area (Å²) in [4.78, 5) is 32.8. The van der Waals surface area contributed by atoms with E-state index in [0.717, 1.165) is 12.1 Å². The molecule has 15 heavy (non-hydrogen) atoms. The fraction of sp³-hybridized carbons (Fsp3) is 0. The van der Waals surface area contributed by atoms with Crippen molar-refractivity contribution in [3.05, 3.63) is 43.3 Å². The third-order valence-electron chi connectivity index (χ3n) is 1.49. The maximum atomic E-state index is 10.4. The molecule has 0 unspecified atom stereocenters. The van der Waals surface area contributed by atoms with Gasteiger partial charge in [0.25, 0.3) is 5.69 Å². The highest BCUT2D eigenvalue weighted by atomic mass is 16.7. The quantitative estimate of drug-likeness (QED) is 0.424. The maximum absolute atomic E-state index is 10.4. The van der Waals surface area contributed by atoms with Crippen LogP contribution in [0.15, 0.2) is 23.5 Å². The van der Waals surface area contributed by atoms with E-state index >= 15 is 0 Å². The van der Waals surface area contributed by atoms with Crippen LogP contribution in [-0.2, 0) is 0 Å². The van der Waals surface area contributed by atoms with Crippen molar-refractivity contribution in [2.24, 2.45) is 5.34 Å². The Kier molecular flexibility index (Phi) is 2.86. The SMILES string of the molecule is O=NOc1ccc([N+](=O)[O-])cc1[N+](=O)[O-]. The predicted molar refractivity (Wildman–Crippen MR) is 46.2 cm³/mol. The second kappa shape index (κ2) is 4.09. The monoisotopic (exact) mass is 213 g/mol. The third-order valence-corrected chi connectivity index (χ3v) is 1.49. The molecule has 78 valence electrons. The van der Waals surface area contributed by atoms with Gasteiger partial charge in [0.2, 0.25) is 5.75 Å². The Morgan fingerprint density at radius 3 is 2.33 bits per heavy atom. The minimum Gasteiger partial charge on any atom is -0.317 e. The van der Waals surface area contributed by atoms with Gasteiger partial charge in [0, 0.05) is 6.07 Å². The summed E-state index contributed by atoms with van der Waals surface area (Å²) in [5, 5.41) is 22.7. The van der Waals surface area contributed by atoms with Gasteiger partial charge in [-0.3, -0.25) is 20.2 Å². The van der Waals surface area contributed by atoms with E-state index in [2.05, 4.69) is 4.84 Å². The molecule has 0 spiro atoms. The van der Waals surface area contributed by atoms with Gasteiger partial charge in [0.05, 0.1) is 15.9 Å². The van der Waals surface area contributed by atoms with Crippen LogP contribution in [0.4, 0.5) is 11.4 Å². The van der Waals surface area contributed by atoms with Gasteiger partial charge < -0.3 is 4.84 Å². The number of nitrogens with zero attached hydrogens (tertiary/aromatic N) is 3. The van der Waals surface area contributed by atoms with E-state index < -0.39 is 27.0 Å². The lowest BCUT2D eigenvalue weighted by atomic mass is 10.2. The minimum atomic E-state index is -0.909. The van der Waals surface area contributed by atoms with E-state index in [0.29, 0.717) is 6.07 Å². The molecule has 0 atom stereocenters. The zero-order valence-corrected chi connectivity index (χ0v) is 7.02. The Labute approximate surface area is 81.5 Å². The number of nitro benzene ring substituents is 2. The summed E-state index contributed by atoms with van der Waals surface area (Å²) in [6, 6.07) is 2.58. The molecule has 0 aromatic heterocycles. The standard InChI is InChI=1S/C6H3N3O6/c10-7-15-6-2-1-4(8(11)12)3-5(6)9(13)14/h1-3H. The van der Waals surface area contributed by atoms with Crippen LogP contribution in [0.2, 0.25) is 0 Å². The number of hydrogen-bond donors (Lipinski definition) is 0. The highest BCUT2D eigenvalue weighted by Gasteiger charge is 2.21. The molecule has 0 saturated carbocycles. The molecule has 0 heterocycles. The topological polar surface area (TPSA) is 125 Å². The molecule has 1 aromatic rings. The Bertz CT molecular complexity index is 431. The maximum Gasteiger partial charge on any atom is 0.321 e. The lowest BCUT2D eigenvalue weighted by molar-refractivity contribution is -0.394. The molecule has 1 aromatic carbocycles. The number of non-ortho nitro benzene ring substituents is 1. The van der Waals surface area contributed by atoms with Crippen LogP contribution in [0.5, 0.6) is 5.75 Å². The first kappa shape index (κ1) is 10.5. The summed E-state index contributed by atoms with van der Waals surface area (Å²) in [7, 11) is 0. The van der Waals surface area contributed by atoms with Crippen LogP contribution in [0.3, 0.4) is 0 Å². The molecule has 1 rings (SSSR count). The minimum absolute atomic E-state index is 0.444. The van der Waals surface area contributed by atoms with Crippen molar-refractivity contribution < 1.29 is 14.7 Å². The van der Waals surface area contributed by atoms with E-state index in [1.807, 2.05) is 5.34 Å². The highest BCUT2D eigenvalue weighted by molar-refractivity contribution is 5.53. The highest BCUT2D eigenvalue weighted by Crippen LogP contribution is 2.30. The first-order valence-electron chi connectivity index (χ1n) is 3.48. The van der Waals surface area contributed by atoms with Crippen molar-refractivity contribution in [2.45, 2.75) is 0 Å². The number of nitro groups is 2. The first-order valence-corrected chi connectivity index (χ1v) is 3.48. The van der Waals surface area contributed by atoms with E-state index in [4.69, 9.17) is 0 Å². The lowest BCUT2D eigenvalue weighted by Crippen LogP contribution is -1.95. The van der Waals surface area contributed by atoms with Gasteiger partial charge in [0.15, 0.2) is 5.34 Å². The summed E-state index contributed by atoms with van der Waals surface area (Å²) in [6.07, 6.45) is 0. The summed E-state index contributed by atoms with van der Waals surface area (Å²) in [6.45, 7) is 0. The van der Waals surface area contributed by atoms with Crippen molar-refractivity contribution in [1.82, 2.24) is 0 Å². The van der Waals surface area contributed by atoms with Gasteiger partial charge in [-0.2, -0.15) is 0 Å². The summed E-state index contributed by atoms with van der Waals surface area (Å²) in [5.74, 6) is -0.444. The normalized spacial score (nSPS) is 9.33. The molecule has 0 bridgehead atoms. The Morgan fingerprint density at radius 1 is 1.20 bits per heavy atom. The van der Waals surface area contributed by atoms with Crippen LogP contribution in [0.1, 0.15) is 0 Å². The molecule has 0 saturated heterocycles. The number of rotatable bonds is 4. The zero-order chi connectivity index (χ0) is 11.4. The van der Waals surface area contributed by atoms with Gasteiger partial charge in [-0.25, -0.2) is 0 Å². The molecule has 9 nitrogen and oxygen atoms in total. The molecular formula is C6H3N3O6. The molecule has 0 aliphatic heterocycles. The fourth-order valence-corrected chi connectivity index (χ4v) is 0.879. The summed E-state index contributed by atoms with van der Waals surface area (Å²) in [5.41, 5.74) is -1.16. The van der Waals surface area contributed by atoms with E-state index in [-0.39, 0.29) is 0 Å². The van der Waals surface area contributed by atoms with Crippen molar-refractivity contribution in [3.63, 3.8) is 0 Å². The average Bonchev–Trinajstić information content (AvgIpc) is 2.18. The second-order valence-corrected chi connectivity index (χ2v) is 2.33. The van der Waals surface area contributed by atoms with Gasteiger partial charge >= 0.3 is 5.69 Å². The Balaban J connectivity index is 3.26. The van der Waals surface area contributed by atoms with E-state index in [1.54, 1.807) is 0 Å². The van der Waals surface area contributed by atoms with Crippen molar-refractivity contribution in [2.75, 3.05) is 0 Å². The lowest BCUT2D eigenvalue weighted by Gasteiger charge is -1.97. The van der Waals surface area contributed by atoms with Crippen LogP contribution < -0.4 is 4.84 Å². The van der Waals surface area contributed by atoms with Crippen LogP contribution in [-0.4, -0.2) is 9.85 Å². The first-order chi connectivity index (χ1) is 7.06. The summed E-state index contributed by atoms with van der Waals surface area (Å²) >= 11 is 0. The molecule has 0 aliphatic rings. The summed E-state index contributed by atoms with van der Waals surface area (Å²) < 4.78 is 0. The third kappa shape index (κ3) is 2.21. The van der Waals surface area contributed by atoms with Gasteiger partial charge in [-0.05, 0) is 6.07 Å². The average molecular weight is 213 g/mol. The van der Waals surface area contributed by atoms with Crippen LogP contribution in [0.25, 0.3) is 0 Å².